The van der Waals surface area contributed by atoms with E-state index in [4.69, 9.17) is 10.2 Å². The van der Waals surface area contributed by atoms with E-state index in [9.17, 15) is 0 Å². The van der Waals surface area contributed by atoms with Crippen LogP contribution in [0.25, 0.3) is 0 Å². The number of aliphatic hydroxyl groups excluding tert-OH is 2. The second kappa shape index (κ2) is 7220. The second-order valence-corrected chi connectivity index (χ2v) is 0.447. The van der Waals surface area contributed by atoms with E-state index in [1.807, 2.05) is 0 Å². The molecule has 0 aliphatic carbocycles. The summed E-state index contributed by atoms with van der Waals surface area (Å²) in [6.45, 7) is 77.8. The largest absolute Gasteiger partial charge is 0.394 e. The Morgan fingerprint density at radius 1 is 0.200 bits per heavy atom. The number of aliphatic hydroxyl groups is 2. The average molecular weight is 427 g/mol. The van der Waals surface area contributed by atoms with Crippen LogP contribution in [0.15, 0.2) is 171 Å². The van der Waals surface area contributed by atoms with Crippen LogP contribution in [-0.4, -0.2) is 23.4 Å². The summed E-state index contributed by atoms with van der Waals surface area (Å²) in [5.41, 5.74) is 0. The maximum absolute atomic E-state index is 7.62. The predicted molar refractivity (Wildman–Crippen MR) is 160 cm³/mol. The molecule has 2 nitrogen and oxygen atoms in total. The summed E-state index contributed by atoms with van der Waals surface area (Å²) in [5.74, 6) is 0. The van der Waals surface area contributed by atoms with Gasteiger partial charge in [0.2, 0.25) is 0 Å². The minimum Gasteiger partial charge on any atom is -0.394 e. The molecule has 0 aliphatic heterocycles. The summed E-state index contributed by atoms with van der Waals surface area (Å²) in [6, 6.07) is 0. The third-order valence-electron chi connectivity index (χ3n) is 0.1000. The van der Waals surface area contributed by atoms with Gasteiger partial charge in [0.25, 0.3) is 0 Å². The molecule has 182 valence electrons. The lowest BCUT2D eigenvalue weighted by atomic mass is 10.8. The molecule has 0 rings (SSSR count). The van der Waals surface area contributed by atoms with Gasteiger partial charge in [-0.25, -0.2) is 0 Å². The Balaban J connectivity index is -0.00000000773. The molecule has 0 fully saturated rings. The van der Waals surface area contributed by atoms with Gasteiger partial charge in [-0.1, -0.05) is 0 Å². The van der Waals surface area contributed by atoms with Gasteiger partial charge in [0.1, 0.15) is 0 Å². The van der Waals surface area contributed by atoms with E-state index in [1.54, 1.807) is 0 Å². The maximum atomic E-state index is 7.62. The van der Waals surface area contributed by atoms with Crippen LogP contribution >= 0.6 is 0 Å². The molecule has 0 spiro atoms. The SMILES string of the molecule is C=C.C=C.C=C.C=C.C=C.C=C.C=C.C=C.C=C.C=C.C=C.C=C.C=C.OCCO. The Bertz CT molecular complexity index is 77.7. The Hall–Kier alpha value is -3.46. The van der Waals surface area contributed by atoms with E-state index in [2.05, 4.69) is 171 Å². The quantitative estimate of drug-likeness (QED) is 0.410. The van der Waals surface area contributed by atoms with Crippen molar-refractivity contribution in [1.29, 1.82) is 0 Å². The lowest BCUT2D eigenvalue weighted by molar-refractivity contribution is 0.186. The highest BCUT2D eigenvalue weighted by atomic mass is 16.3. The van der Waals surface area contributed by atoms with E-state index in [0.29, 0.717) is 0 Å². The molecule has 0 saturated heterocycles. The van der Waals surface area contributed by atoms with Crippen LogP contribution in [0.3, 0.4) is 0 Å². The average Bonchev–Trinajstić information content (AvgIpc) is 2.98. The van der Waals surface area contributed by atoms with Crippen LogP contribution in [0.2, 0.25) is 0 Å². The molecule has 0 heterocycles. The highest BCUT2D eigenvalue weighted by molar-refractivity contribution is 4.24. The second-order valence-electron chi connectivity index (χ2n) is 0.447. The topological polar surface area (TPSA) is 40.5 Å². The summed E-state index contributed by atoms with van der Waals surface area (Å²) in [6.07, 6.45) is 0. The summed E-state index contributed by atoms with van der Waals surface area (Å²) in [7, 11) is 0. The van der Waals surface area contributed by atoms with Gasteiger partial charge in [0.15, 0.2) is 0 Å². The monoisotopic (exact) mass is 426 g/mol. The summed E-state index contributed by atoms with van der Waals surface area (Å²) in [4.78, 5) is 0. The minimum absolute atomic E-state index is 0.125. The van der Waals surface area contributed by atoms with Crippen LogP contribution < -0.4 is 0 Å². The number of hydrogen-bond donors (Lipinski definition) is 2. The molecule has 0 aromatic heterocycles. The van der Waals surface area contributed by atoms with E-state index < -0.39 is 0 Å². The predicted octanol–water partition coefficient (Wildman–Crippen LogP) is 9.40. The highest BCUT2D eigenvalue weighted by Crippen LogP contribution is 1.39. The Morgan fingerprint density at radius 2 is 0.233 bits per heavy atom. The van der Waals surface area contributed by atoms with E-state index in [-0.39, 0.29) is 13.2 Å². The highest BCUT2D eigenvalue weighted by Gasteiger charge is 1.58. The van der Waals surface area contributed by atoms with Crippen LogP contribution in [0.1, 0.15) is 0 Å². The van der Waals surface area contributed by atoms with Gasteiger partial charge < -0.3 is 10.2 Å². The van der Waals surface area contributed by atoms with Crippen molar-refractivity contribution in [2.24, 2.45) is 0 Å². The van der Waals surface area contributed by atoms with Crippen LogP contribution in [0.4, 0.5) is 0 Å². The maximum Gasteiger partial charge on any atom is 0.0662 e. The lowest BCUT2D eigenvalue weighted by Crippen LogP contribution is -1.85. The van der Waals surface area contributed by atoms with Crippen molar-refractivity contribution in [2.45, 2.75) is 0 Å². The zero-order valence-electron chi connectivity index (χ0n) is 20.7. The van der Waals surface area contributed by atoms with Crippen molar-refractivity contribution in [1.82, 2.24) is 0 Å². The normalized spacial score (nSPS) is 2.73. The zero-order chi connectivity index (χ0) is 29.4. The fourth-order valence-corrected chi connectivity index (χ4v) is 0. The standard InChI is InChI=1S/C2H6O2.13C2H4/c3-1-2-4;13*1-2/h3-4H,1-2H2;13*1-2H2. The molecule has 0 aromatic carbocycles. The molecule has 0 atom stereocenters. The fourth-order valence-electron chi connectivity index (χ4n) is 0. The number of rotatable bonds is 1. The first kappa shape index (κ1) is 110. The lowest BCUT2D eigenvalue weighted by Gasteiger charge is -1.70. The zero-order valence-corrected chi connectivity index (χ0v) is 20.7. The van der Waals surface area contributed by atoms with Crippen molar-refractivity contribution in [2.75, 3.05) is 13.2 Å². The van der Waals surface area contributed by atoms with Crippen molar-refractivity contribution in [3.05, 3.63) is 171 Å². The van der Waals surface area contributed by atoms with E-state index >= 15 is 0 Å². The molecule has 0 aliphatic rings. The molecule has 0 amide bonds. The van der Waals surface area contributed by atoms with Gasteiger partial charge in [0.05, 0.1) is 13.2 Å². The van der Waals surface area contributed by atoms with Crippen molar-refractivity contribution < 1.29 is 10.2 Å². The van der Waals surface area contributed by atoms with E-state index in [0.717, 1.165) is 0 Å². The van der Waals surface area contributed by atoms with Crippen molar-refractivity contribution in [3.63, 3.8) is 0 Å². The van der Waals surface area contributed by atoms with Gasteiger partial charge in [-0.2, -0.15) is 0 Å². The molecule has 2 N–H and O–H groups in total. The molecule has 2 heteroatoms. The van der Waals surface area contributed by atoms with Gasteiger partial charge in [-0.3, -0.25) is 0 Å². The van der Waals surface area contributed by atoms with Crippen LogP contribution in [0.5, 0.6) is 0 Å². The van der Waals surface area contributed by atoms with Gasteiger partial charge in [0, 0.05) is 0 Å². The van der Waals surface area contributed by atoms with Gasteiger partial charge in [-0.05, 0) is 0 Å². The van der Waals surface area contributed by atoms with Crippen LogP contribution in [-0.2, 0) is 0 Å². The summed E-state index contributed by atoms with van der Waals surface area (Å²) >= 11 is 0. The molecule has 0 unspecified atom stereocenters. The first-order chi connectivity index (χ1) is 14.9. The van der Waals surface area contributed by atoms with E-state index in [1.165, 1.54) is 0 Å². The molecule has 0 aromatic rings. The molecule has 0 radical (unpaired) electrons. The fraction of sp³-hybridized carbons (Fsp3) is 0.0714. The van der Waals surface area contributed by atoms with Crippen molar-refractivity contribution in [3.8, 4) is 0 Å². The number of hydrogen-bond acceptors (Lipinski definition) is 2. The molecule has 0 saturated carbocycles. The Kier molecular flexibility index (Phi) is 26500. The van der Waals surface area contributed by atoms with Crippen LogP contribution in [0, 0.1) is 0 Å². The van der Waals surface area contributed by atoms with Crippen molar-refractivity contribution >= 4 is 0 Å². The summed E-state index contributed by atoms with van der Waals surface area (Å²) < 4.78 is 0. The molecule has 30 heavy (non-hydrogen) atoms. The molecule has 0 bridgehead atoms. The third kappa shape index (κ3) is 2250. The van der Waals surface area contributed by atoms with Gasteiger partial charge in [-0.15, -0.1) is 171 Å². The molecular weight excluding hydrogens is 368 g/mol. The third-order valence-corrected chi connectivity index (χ3v) is 0.1000. The summed E-state index contributed by atoms with van der Waals surface area (Å²) in [5, 5.41) is 15.2. The smallest absolute Gasteiger partial charge is 0.0662 e. The minimum atomic E-state index is -0.125. The first-order valence-electron chi connectivity index (χ1n) is 7.63. The first-order valence-corrected chi connectivity index (χ1v) is 7.63. The van der Waals surface area contributed by atoms with Gasteiger partial charge >= 0.3 is 0 Å². The Labute approximate surface area is 194 Å². The molecular formula is C28H58O2. The Morgan fingerprint density at radius 3 is 0.233 bits per heavy atom.